The average Bonchev–Trinajstić information content (AvgIpc) is 3.40. The second-order valence-electron chi connectivity index (χ2n) is 10.8. The Morgan fingerprint density at radius 1 is 0.950 bits per heavy atom. The van der Waals surface area contributed by atoms with Crippen LogP contribution >= 0.6 is 12.2 Å². The van der Waals surface area contributed by atoms with Crippen molar-refractivity contribution in [2.75, 3.05) is 11.9 Å². The molecule has 1 aliphatic heterocycles. The van der Waals surface area contributed by atoms with Crippen LogP contribution in [0, 0.1) is 41.5 Å². The summed E-state index contributed by atoms with van der Waals surface area (Å²) in [5.41, 5.74) is 11.1. The first-order chi connectivity index (χ1) is 19.2. The summed E-state index contributed by atoms with van der Waals surface area (Å²) < 4.78 is 2.35. The number of aromatic nitrogens is 2. The van der Waals surface area contributed by atoms with E-state index in [0.717, 1.165) is 33.9 Å². The highest BCUT2D eigenvalue weighted by Gasteiger charge is 2.41. The lowest BCUT2D eigenvalue weighted by atomic mass is 9.96. The van der Waals surface area contributed by atoms with Crippen LogP contribution in [0.25, 0.3) is 5.69 Å². The second kappa shape index (κ2) is 11.3. The molecule has 3 heterocycles. The maximum absolute atomic E-state index is 13.1. The smallest absolute Gasteiger partial charge is 0.226 e. The van der Waals surface area contributed by atoms with E-state index in [-0.39, 0.29) is 18.0 Å². The molecule has 0 radical (unpaired) electrons. The number of anilines is 1. The number of amides is 1. The van der Waals surface area contributed by atoms with Gasteiger partial charge < -0.3 is 20.1 Å². The van der Waals surface area contributed by atoms with Crippen molar-refractivity contribution >= 4 is 28.9 Å². The minimum atomic E-state index is -0.136. The van der Waals surface area contributed by atoms with Gasteiger partial charge in [-0.1, -0.05) is 36.4 Å². The summed E-state index contributed by atoms with van der Waals surface area (Å²) in [6.45, 7) is 13.2. The number of benzene rings is 2. The van der Waals surface area contributed by atoms with E-state index in [2.05, 4.69) is 83.1 Å². The highest BCUT2D eigenvalue weighted by molar-refractivity contribution is 7.80. The van der Waals surface area contributed by atoms with Crippen molar-refractivity contribution in [3.8, 4) is 5.69 Å². The van der Waals surface area contributed by atoms with Gasteiger partial charge in [-0.15, -0.1) is 0 Å². The summed E-state index contributed by atoms with van der Waals surface area (Å²) in [5.74, 6) is -0.0301. The first-order valence-corrected chi connectivity index (χ1v) is 14.2. The van der Waals surface area contributed by atoms with E-state index in [4.69, 9.17) is 12.2 Å². The lowest BCUT2D eigenvalue weighted by molar-refractivity contribution is -0.116. The Kier molecular flexibility index (Phi) is 7.76. The van der Waals surface area contributed by atoms with Gasteiger partial charge in [0.15, 0.2) is 5.11 Å². The van der Waals surface area contributed by atoms with Crippen molar-refractivity contribution in [3.63, 3.8) is 0 Å². The van der Waals surface area contributed by atoms with Crippen LogP contribution in [-0.4, -0.2) is 32.0 Å². The fourth-order valence-corrected chi connectivity index (χ4v) is 6.21. The molecule has 4 aromatic rings. The monoisotopic (exact) mass is 551 g/mol. The Hall–Kier alpha value is -3.97. The summed E-state index contributed by atoms with van der Waals surface area (Å²) >= 11 is 5.88. The van der Waals surface area contributed by atoms with Crippen LogP contribution < -0.4 is 10.6 Å². The molecule has 2 aromatic heterocycles. The molecule has 206 valence electrons. The number of thiocarbonyl (C=S) groups is 1. The summed E-state index contributed by atoms with van der Waals surface area (Å²) in [6, 6.07) is 20.5. The van der Waals surface area contributed by atoms with Gasteiger partial charge in [-0.2, -0.15) is 0 Å². The highest BCUT2D eigenvalue weighted by Crippen LogP contribution is 2.42. The molecule has 0 bridgehead atoms. The number of hydrogen-bond acceptors (Lipinski definition) is 3. The van der Waals surface area contributed by atoms with Gasteiger partial charge >= 0.3 is 0 Å². The van der Waals surface area contributed by atoms with Crippen molar-refractivity contribution in [2.45, 2.75) is 60.0 Å². The number of rotatable bonds is 7. The zero-order valence-electron chi connectivity index (χ0n) is 24.1. The second-order valence-corrected chi connectivity index (χ2v) is 11.2. The van der Waals surface area contributed by atoms with Gasteiger partial charge in [-0.25, -0.2) is 0 Å². The van der Waals surface area contributed by atoms with E-state index < -0.39 is 0 Å². The number of carbonyl (C=O) groups excluding carboxylic acids is 1. The number of hydrogen-bond donors (Lipinski definition) is 2. The number of pyridine rings is 1. The maximum Gasteiger partial charge on any atom is 0.226 e. The molecule has 1 amide bonds. The molecule has 0 aliphatic carbocycles. The van der Waals surface area contributed by atoms with Crippen LogP contribution in [0.15, 0.2) is 66.9 Å². The standard InChI is InChI=1S/C33H37N5OS/c1-20-13-14-21(2)28(18-20)35-29(39)15-17-37-32(30(36-33(37)40)27-12-7-8-16-34-27)26-19-24(5)38(25(26)6)31-22(3)10-9-11-23(31)4/h7-14,16,18-19,30,32H,15,17H2,1-6H3,(H,35,39)(H,36,40)/t30-,32+/m1/s1. The molecule has 5 rings (SSSR count). The molecule has 1 aliphatic rings. The molecule has 2 aromatic carbocycles. The van der Waals surface area contributed by atoms with Crippen LogP contribution in [0.2, 0.25) is 0 Å². The van der Waals surface area contributed by atoms with Gasteiger partial charge in [0.25, 0.3) is 0 Å². The Morgan fingerprint density at radius 2 is 1.70 bits per heavy atom. The largest absolute Gasteiger partial charge is 0.352 e. The van der Waals surface area contributed by atoms with Crippen LogP contribution in [0.4, 0.5) is 5.69 Å². The molecular formula is C33H37N5OS. The molecule has 0 spiro atoms. The SMILES string of the molecule is Cc1ccc(C)c(NC(=O)CCN2C(=S)N[C@H](c3ccccn3)[C@@H]2c2cc(C)n(-c3c(C)cccc3C)c2C)c1. The number of nitrogens with one attached hydrogen (secondary N) is 2. The molecule has 6 nitrogen and oxygen atoms in total. The van der Waals surface area contributed by atoms with Crippen molar-refractivity contribution in [3.05, 3.63) is 112 Å². The van der Waals surface area contributed by atoms with Crippen molar-refractivity contribution in [1.82, 2.24) is 19.8 Å². The third kappa shape index (κ3) is 5.26. The Labute approximate surface area is 242 Å². The van der Waals surface area contributed by atoms with Gasteiger partial charge in [0.1, 0.15) is 0 Å². The van der Waals surface area contributed by atoms with Crippen molar-refractivity contribution in [2.24, 2.45) is 0 Å². The first-order valence-electron chi connectivity index (χ1n) is 13.8. The van der Waals surface area contributed by atoms with Crippen LogP contribution in [-0.2, 0) is 4.79 Å². The Balaban J connectivity index is 1.50. The van der Waals surface area contributed by atoms with E-state index in [0.29, 0.717) is 18.1 Å². The lowest BCUT2D eigenvalue weighted by Crippen LogP contribution is -2.33. The van der Waals surface area contributed by atoms with Gasteiger partial charge in [0, 0.05) is 36.2 Å². The van der Waals surface area contributed by atoms with Gasteiger partial charge in [0.05, 0.1) is 23.5 Å². The number of carbonyl (C=O) groups is 1. The van der Waals surface area contributed by atoms with E-state index >= 15 is 0 Å². The van der Waals surface area contributed by atoms with Crippen LogP contribution in [0.1, 0.15) is 63.4 Å². The molecule has 1 fully saturated rings. The number of nitrogens with zero attached hydrogens (tertiary/aromatic N) is 3. The highest BCUT2D eigenvalue weighted by atomic mass is 32.1. The fraction of sp³-hybridized carbons (Fsp3) is 0.303. The van der Waals surface area contributed by atoms with Crippen LogP contribution in [0.5, 0.6) is 0 Å². The van der Waals surface area contributed by atoms with Gasteiger partial charge in [-0.05, 0) is 106 Å². The average molecular weight is 552 g/mol. The first kappa shape index (κ1) is 27.6. The lowest BCUT2D eigenvalue weighted by Gasteiger charge is -2.28. The molecular weight excluding hydrogens is 514 g/mol. The topological polar surface area (TPSA) is 62.2 Å². The maximum atomic E-state index is 13.1. The minimum absolute atomic E-state index is 0.0301. The molecule has 2 atom stereocenters. The summed E-state index contributed by atoms with van der Waals surface area (Å²) in [5, 5.41) is 7.27. The zero-order valence-corrected chi connectivity index (χ0v) is 24.9. The van der Waals surface area contributed by atoms with E-state index in [1.807, 2.05) is 50.4 Å². The number of para-hydroxylation sites is 1. The third-order valence-electron chi connectivity index (χ3n) is 7.90. The molecule has 1 saturated heterocycles. The summed E-state index contributed by atoms with van der Waals surface area (Å²) in [6.07, 6.45) is 2.13. The quantitative estimate of drug-likeness (QED) is 0.250. The van der Waals surface area contributed by atoms with E-state index in [1.165, 1.54) is 22.4 Å². The van der Waals surface area contributed by atoms with Crippen LogP contribution in [0.3, 0.4) is 0 Å². The van der Waals surface area contributed by atoms with Crippen molar-refractivity contribution in [1.29, 1.82) is 0 Å². The summed E-state index contributed by atoms with van der Waals surface area (Å²) in [4.78, 5) is 19.9. The third-order valence-corrected chi connectivity index (χ3v) is 8.25. The van der Waals surface area contributed by atoms with E-state index in [1.54, 1.807) is 0 Å². The predicted molar refractivity (Wildman–Crippen MR) is 166 cm³/mol. The summed E-state index contributed by atoms with van der Waals surface area (Å²) in [7, 11) is 0. The van der Waals surface area contributed by atoms with Crippen molar-refractivity contribution < 1.29 is 4.79 Å². The fourth-order valence-electron chi connectivity index (χ4n) is 5.88. The molecule has 2 N–H and O–H groups in total. The minimum Gasteiger partial charge on any atom is -0.352 e. The van der Waals surface area contributed by atoms with Gasteiger partial charge in [-0.3, -0.25) is 9.78 Å². The molecule has 40 heavy (non-hydrogen) atoms. The molecule has 0 saturated carbocycles. The normalized spacial score (nSPS) is 16.8. The Bertz CT molecular complexity index is 1560. The predicted octanol–water partition coefficient (Wildman–Crippen LogP) is 6.72. The molecule has 0 unspecified atom stereocenters. The Morgan fingerprint density at radius 3 is 2.40 bits per heavy atom. The number of aryl methyl sites for hydroxylation is 5. The zero-order chi connectivity index (χ0) is 28.6. The molecule has 7 heteroatoms. The van der Waals surface area contributed by atoms with E-state index in [9.17, 15) is 4.79 Å². The van der Waals surface area contributed by atoms with Gasteiger partial charge in [0.2, 0.25) is 5.91 Å².